The van der Waals surface area contributed by atoms with Gasteiger partial charge in [-0.05, 0) is 40.3 Å². The predicted molar refractivity (Wildman–Crippen MR) is 93.0 cm³/mol. The lowest BCUT2D eigenvalue weighted by molar-refractivity contribution is -0.132. The third-order valence-corrected chi connectivity index (χ3v) is 3.47. The van der Waals surface area contributed by atoms with E-state index in [1.807, 2.05) is 21.0 Å². The highest BCUT2D eigenvalue weighted by Gasteiger charge is 2.29. The number of amides is 1. The number of carbonyl (C=O) groups is 1. The van der Waals surface area contributed by atoms with Crippen molar-refractivity contribution in [2.45, 2.75) is 44.5 Å². The summed E-state index contributed by atoms with van der Waals surface area (Å²) in [6, 6.07) is 0. The van der Waals surface area contributed by atoms with Crippen LogP contribution in [0.3, 0.4) is 0 Å². The van der Waals surface area contributed by atoms with Crippen LogP contribution in [-0.4, -0.2) is 69.5 Å². The fourth-order valence-corrected chi connectivity index (χ4v) is 2.28. The fourth-order valence-electron chi connectivity index (χ4n) is 2.28. The average Bonchev–Trinajstić information content (AvgIpc) is 2.90. The lowest BCUT2D eigenvalue weighted by Gasteiger charge is -2.21. The Kier molecular flexibility index (Phi) is 14.6. The van der Waals surface area contributed by atoms with Crippen molar-refractivity contribution in [3.8, 4) is 0 Å². The normalized spacial score (nSPS) is 21.9. The highest BCUT2D eigenvalue weighted by Crippen LogP contribution is 2.18. The summed E-state index contributed by atoms with van der Waals surface area (Å²) >= 11 is 0. The first kappa shape index (κ1) is 24.1. The highest BCUT2D eigenvalue weighted by atomic mass is 35.5. The van der Waals surface area contributed by atoms with E-state index in [9.17, 15) is 4.79 Å². The molecule has 0 spiro atoms. The van der Waals surface area contributed by atoms with E-state index in [-0.39, 0.29) is 49.0 Å². The molecule has 134 valence electrons. The Morgan fingerprint density at radius 2 is 2.09 bits per heavy atom. The molecule has 1 amide bonds. The van der Waals surface area contributed by atoms with E-state index < -0.39 is 0 Å². The Hall–Kier alpha value is -0.110. The summed E-state index contributed by atoms with van der Waals surface area (Å²) in [6.07, 6.45) is 2.26. The van der Waals surface area contributed by atoms with E-state index in [1.54, 1.807) is 0 Å². The van der Waals surface area contributed by atoms with E-state index in [2.05, 4.69) is 10.2 Å². The van der Waals surface area contributed by atoms with Crippen LogP contribution in [0, 0.1) is 0 Å². The topological polar surface area (TPSA) is 76.8 Å². The van der Waals surface area contributed by atoms with Crippen molar-refractivity contribution in [2.24, 2.45) is 5.73 Å². The molecule has 1 rings (SSSR count). The van der Waals surface area contributed by atoms with E-state index in [4.69, 9.17) is 15.2 Å². The highest BCUT2D eigenvalue weighted by molar-refractivity contribution is 5.85. The summed E-state index contributed by atoms with van der Waals surface area (Å²) < 4.78 is 11.2. The molecule has 8 heteroatoms. The molecule has 0 aromatic rings. The van der Waals surface area contributed by atoms with Crippen molar-refractivity contribution in [3.05, 3.63) is 0 Å². The Morgan fingerprint density at radius 3 is 2.59 bits per heavy atom. The van der Waals surface area contributed by atoms with Gasteiger partial charge >= 0.3 is 0 Å². The zero-order valence-corrected chi connectivity index (χ0v) is 15.4. The van der Waals surface area contributed by atoms with E-state index in [1.165, 1.54) is 0 Å². The van der Waals surface area contributed by atoms with Gasteiger partial charge in [-0.3, -0.25) is 4.79 Å². The molecule has 0 bridgehead atoms. The standard InChI is InChI=1S/C14H29N3O3.2ClH/c1-4-19-12(7-8-17(2)3)10-16-14(18)13-6-5-11(9-15)20-13;;/h11-13H,4-10,15H2,1-3H3,(H,16,18);2*1H/t11-,12?,13+;;/m1../s1. The SMILES string of the molecule is CCOC(CCN(C)C)CNC(=O)[C@@H]1CC[C@H](CN)O1.Cl.Cl. The molecule has 0 aliphatic carbocycles. The smallest absolute Gasteiger partial charge is 0.249 e. The average molecular weight is 360 g/mol. The van der Waals surface area contributed by atoms with Crippen molar-refractivity contribution in [1.82, 2.24) is 10.2 Å². The van der Waals surface area contributed by atoms with Crippen LogP contribution in [0.5, 0.6) is 0 Å². The maximum absolute atomic E-state index is 12.0. The van der Waals surface area contributed by atoms with Crippen LogP contribution in [0.15, 0.2) is 0 Å². The molecule has 0 aromatic carbocycles. The summed E-state index contributed by atoms with van der Waals surface area (Å²) in [7, 11) is 4.06. The molecule has 1 aliphatic rings. The van der Waals surface area contributed by atoms with Crippen LogP contribution in [0.4, 0.5) is 0 Å². The van der Waals surface area contributed by atoms with Gasteiger partial charge in [0.1, 0.15) is 6.10 Å². The summed E-state index contributed by atoms with van der Waals surface area (Å²) in [6.45, 7) is 4.58. The minimum Gasteiger partial charge on any atom is -0.377 e. The monoisotopic (exact) mass is 359 g/mol. The third-order valence-electron chi connectivity index (χ3n) is 3.47. The van der Waals surface area contributed by atoms with Gasteiger partial charge < -0.3 is 25.4 Å². The number of ether oxygens (including phenoxy) is 2. The van der Waals surface area contributed by atoms with Crippen LogP contribution in [0.25, 0.3) is 0 Å². The van der Waals surface area contributed by atoms with Crippen LogP contribution in [-0.2, 0) is 14.3 Å². The van der Waals surface area contributed by atoms with Crippen molar-refractivity contribution < 1.29 is 14.3 Å². The summed E-state index contributed by atoms with van der Waals surface area (Å²) in [4.78, 5) is 14.1. The van der Waals surface area contributed by atoms with E-state index >= 15 is 0 Å². The van der Waals surface area contributed by atoms with Gasteiger partial charge in [0.05, 0.1) is 12.2 Å². The first-order chi connectivity index (χ1) is 9.56. The molecule has 0 aromatic heterocycles. The van der Waals surface area contributed by atoms with Crippen molar-refractivity contribution >= 4 is 30.7 Å². The Bertz CT molecular complexity index is 297. The second kappa shape index (κ2) is 13.3. The lowest BCUT2D eigenvalue weighted by Crippen LogP contribution is -2.41. The number of hydrogen-bond acceptors (Lipinski definition) is 5. The first-order valence-corrected chi connectivity index (χ1v) is 7.46. The van der Waals surface area contributed by atoms with Crippen molar-refractivity contribution in [1.29, 1.82) is 0 Å². The van der Waals surface area contributed by atoms with Crippen LogP contribution in [0.2, 0.25) is 0 Å². The van der Waals surface area contributed by atoms with Gasteiger partial charge in [0.15, 0.2) is 0 Å². The molecule has 0 saturated carbocycles. The predicted octanol–water partition coefficient (Wildman–Crippen LogP) is 0.809. The molecule has 1 unspecified atom stereocenters. The van der Waals surface area contributed by atoms with Crippen LogP contribution < -0.4 is 11.1 Å². The molecular weight excluding hydrogens is 329 g/mol. The van der Waals surface area contributed by atoms with Crippen molar-refractivity contribution in [3.63, 3.8) is 0 Å². The molecule has 3 atom stereocenters. The fraction of sp³-hybridized carbons (Fsp3) is 0.929. The molecule has 0 radical (unpaired) electrons. The quantitative estimate of drug-likeness (QED) is 0.636. The van der Waals surface area contributed by atoms with Crippen LogP contribution in [0.1, 0.15) is 26.2 Å². The van der Waals surface area contributed by atoms with Gasteiger partial charge in [-0.2, -0.15) is 0 Å². The van der Waals surface area contributed by atoms with Gasteiger partial charge in [-0.25, -0.2) is 0 Å². The van der Waals surface area contributed by atoms with E-state index in [0.29, 0.717) is 19.7 Å². The molecule has 1 aliphatic heterocycles. The molecule has 22 heavy (non-hydrogen) atoms. The Labute approximate surface area is 146 Å². The summed E-state index contributed by atoms with van der Waals surface area (Å²) in [5.41, 5.74) is 5.54. The number of nitrogens with zero attached hydrogens (tertiary/aromatic N) is 1. The Morgan fingerprint density at radius 1 is 1.41 bits per heavy atom. The number of halogens is 2. The number of rotatable bonds is 9. The van der Waals surface area contributed by atoms with Gasteiger partial charge in [0.2, 0.25) is 5.91 Å². The van der Waals surface area contributed by atoms with Gasteiger partial charge in [-0.1, -0.05) is 0 Å². The summed E-state index contributed by atoms with van der Waals surface area (Å²) in [5.74, 6) is -0.0458. The molecule has 1 heterocycles. The number of hydrogen-bond donors (Lipinski definition) is 2. The maximum Gasteiger partial charge on any atom is 0.249 e. The molecule has 3 N–H and O–H groups in total. The van der Waals surface area contributed by atoms with Crippen LogP contribution >= 0.6 is 24.8 Å². The largest absolute Gasteiger partial charge is 0.377 e. The third kappa shape index (κ3) is 9.12. The zero-order valence-electron chi connectivity index (χ0n) is 13.7. The first-order valence-electron chi connectivity index (χ1n) is 7.46. The molecular formula is C14H31Cl2N3O3. The molecule has 6 nitrogen and oxygen atoms in total. The van der Waals surface area contributed by atoms with Crippen molar-refractivity contribution in [2.75, 3.05) is 40.3 Å². The summed E-state index contributed by atoms with van der Waals surface area (Å²) in [5, 5.41) is 2.93. The minimum absolute atomic E-state index is 0. The van der Waals surface area contributed by atoms with Gasteiger partial charge in [0.25, 0.3) is 0 Å². The van der Waals surface area contributed by atoms with Gasteiger partial charge in [0, 0.05) is 26.2 Å². The number of carbonyl (C=O) groups excluding carboxylic acids is 1. The molecule has 1 saturated heterocycles. The van der Waals surface area contributed by atoms with E-state index in [0.717, 1.165) is 25.8 Å². The maximum atomic E-state index is 12.0. The minimum atomic E-state index is -0.348. The molecule has 1 fully saturated rings. The number of nitrogens with one attached hydrogen (secondary N) is 1. The second-order valence-corrected chi connectivity index (χ2v) is 5.47. The Balaban J connectivity index is 0. The zero-order chi connectivity index (χ0) is 15.0. The number of nitrogens with two attached hydrogens (primary N) is 1. The van der Waals surface area contributed by atoms with Gasteiger partial charge in [-0.15, -0.1) is 24.8 Å². The lowest BCUT2D eigenvalue weighted by atomic mass is 10.2. The second-order valence-electron chi connectivity index (χ2n) is 5.47.